The first-order valence-corrected chi connectivity index (χ1v) is 6.72. The minimum Gasteiger partial charge on any atom is -0.334 e. The SMILES string of the molecule is CCn1cnc(NC(=O)NCc2ccc(Cl)cc2Cl)n1. The van der Waals surface area contributed by atoms with Gasteiger partial charge in [-0.2, -0.15) is 0 Å². The van der Waals surface area contributed by atoms with Crippen LogP contribution >= 0.6 is 23.2 Å². The van der Waals surface area contributed by atoms with Crippen LogP contribution in [0.3, 0.4) is 0 Å². The van der Waals surface area contributed by atoms with E-state index in [1.165, 1.54) is 0 Å². The van der Waals surface area contributed by atoms with Crippen molar-refractivity contribution in [2.45, 2.75) is 20.0 Å². The predicted octanol–water partition coefficient (Wildman–Crippen LogP) is 2.93. The smallest absolute Gasteiger partial charge is 0.321 e. The molecule has 0 atom stereocenters. The summed E-state index contributed by atoms with van der Waals surface area (Å²) >= 11 is 11.8. The largest absolute Gasteiger partial charge is 0.334 e. The molecule has 0 aliphatic carbocycles. The molecule has 0 aliphatic heterocycles. The molecule has 6 nitrogen and oxygen atoms in total. The van der Waals surface area contributed by atoms with Crippen LogP contribution in [-0.4, -0.2) is 20.8 Å². The van der Waals surface area contributed by atoms with Crippen LogP contribution < -0.4 is 10.6 Å². The number of urea groups is 1. The Bertz CT molecular complexity index is 614. The molecular weight excluding hydrogens is 301 g/mol. The second kappa shape index (κ2) is 6.58. The molecule has 106 valence electrons. The molecule has 0 saturated carbocycles. The van der Waals surface area contributed by atoms with Gasteiger partial charge in [-0.15, -0.1) is 5.10 Å². The van der Waals surface area contributed by atoms with E-state index in [4.69, 9.17) is 23.2 Å². The van der Waals surface area contributed by atoms with E-state index >= 15 is 0 Å². The monoisotopic (exact) mass is 313 g/mol. The van der Waals surface area contributed by atoms with Crippen molar-refractivity contribution >= 4 is 35.2 Å². The van der Waals surface area contributed by atoms with Crippen LogP contribution in [0.1, 0.15) is 12.5 Å². The second-order valence-electron chi connectivity index (χ2n) is 3.97. The number of nitrogens with one attached hydrogen (secondary N) is 2. The van der Waals surface area contributed by atoms with Crippen molar-refractivity contribution in [3.05, 3.63) is 40.1 Å². The van der Waals surface area contributed by atoms with Gasteiger partial charge in [0.05, 0.1) is 0 Å². The fraction of sp³-hybridized carbons (Fsp3) is 0.250. The Morgan fingerprint density at radius 2 is 2.20 bits per heavy atom. The van der Waals surface area contributed by atoms with Gasteiger partial charge >= 0.3 is 6.03 Å². The van der Waals surface area contributed by atoms with E-state index in [0.717, 1.165) is 5.56 Å². The summed E-state index contributed by atoms with van der Waals surface area (Å²) in [5, 5.41) is 10.3. The van der Waals surface area contributed by atoms with Crippen LogP contribution in [0, 0.1) is 0 Å². The second-order valence-corrected chi connectivity index (χ2v) is 4.81. The number of carbonyl (C=O) groups excluding carboxylic acids is 1. The molecule has 1 heterocycles. The summed E-state index contributed by atoms with van der Waals surface area (Å²) in [5.41, 5.74) is 0.776. The third-order valence-corrected chi connectivity index (χ3v) is 3.13. The van der Waals surface area contributed by atoms with Gasteiger partial charge in [-0.25, -0.2) is 9.78 Å². The van der Waals surface area contributed by atoms with Crippen molar-refractivity contribution in [1.82, 2.24) is 20.1 Å². The van der Waals surface area contributed by atoms with Crippen molar-refractivity contribution in [2.24, 2.45) is 0 Å². The maximum Gasteiger partial charge on any atom is 0.321 e. The topological polar surface area (TPSA) is 71.8 Å². The van der Waals surface area contributed by atoms with Gasteiger partial charge in [-0.3, -0.25) is 10.00 Å². The fourth-order valence-corrected chi connectivity index (χ4v) is 1.97. The Morgan fingerprint density at radius 3 is 2.85 bits per heavy atom. The van der Waals surface area contributed by atoms with Crippen molar-refractivity contribution < 1.29 is 4.79 Å². The summed E-state index contributed by atoms with van der Waals surface area (Å²) in [5.74, 6) is 0.256. The summed E-state index contributed by atoms with van der Waals surface area (Å²) < 4.78 is 1.62. The standard InChI is InChI=1S/C12H13Cl2N5O/c1-2-19-7-16-11(18-19)17-12(20)15-6-8-3-4-9(13)5-10(8)14/h3-5,7H,2,6H2,1H3,(H2,15,17,18,20). The van der Waals surface area contributed by atoms with E-state index in [9.17, 15) is 4.79 Å². The predicted molar refractivity (Wildman–Crippen MR) is 78.0 cm³/mol. The lowest BCUT2D eigenvalue weighted by molar-refractivity contribution is 0.251. The molecule has 1 aromatic carbocycles. The van der Waals surface area contributed by atoms with Crippen LogP contribution in [0.5, 0.6) is 0 Å². The van der Waals surface area contributed by atoms with Gasteiger partial charge in [-0.05, 0) is 24.6 Å². The van der Waals surface area contributed by atoms with Crippen LogP contribution in [0.15, 0.2) is 24.5 Å². The van der Waals surface area contributed by atoms with E-state index in [0.29, 0.717) is 16.6 Å². The van der Waals surface area contributed by atoms with Gasteiger partial charge in [-0.1, -0.05) is 29.3 Å². The number of carbonyl (C=O) groups is 1. The average Bonchev–Trinajstić information content (AvgIpc) is 2.85. The number of halogens is 2. The number of anilines is 1. The summed E-state index contributed by atoms with van der Waals surface area (Å²) in [6, 6.07) is 4.70. The Hall–Kier alpha value is -1.79. The maximum atomic E-state index is 11.7. The summed E-state index contributed by atoms with van der Waals surface area (Å²) in [6.07, 6.45) is 1.55. The van der Waals surface area contributed by atoms with Gasteiger partial charge in [0, 0.05) is 23.1 Å². The van der Waals surface area contributed by atoms with Crippen molar-refractivity contribution in [3.63, 3.8) is 0 Å². The number of hydrogen-bond donors (Lipinski definition) is 2. The zero-order chi connectivity index (χ0) is 14.5. The first-order chi connectivity index (χ1) is 9.58. The number of amides is 2. The third kappa shape index (κ3) is 3.85. The van der Waals surface area contributed by atoms with E-state index in [1.807, 2.05) is 6.92 Å². The molecular formula is C12H13Cl2N5O. The fourth-order valence-electron chi connectivity index (χ4n) is 1.49. The van der Waals surface area contributed by atoms with Crippen LogP contribution in [-0.2, 0) is 13.1 Å². The van der Waals surface area contributed by atoms with Gasteiger partial charge in [0.15, 0.2) is 0 Å². The summed E-state index contributed by atoms with van der Waals surface area (Å²) in [7, 11) is 0. The highest BCUT2D eigenvalue weighted by Gasteiger charge is 2.07. The molecule has 2 amide bonds. The van der Waals surface area contributed by atoms with Crippen molar-refractivity contribution in [1.29, 1.82) is 0 Å². The lowest BCUT2D eigenvalue weighted by Gasteiger charge is -2.07. The highest BCUT2D eigenvalue weighted by atomic mass is 35.5. The third-order valence-electron chi connectivity index (χ3n) is 2.54. The van der Waals surface area contributed by atoms with E-state index < -0.39 is 6.03 Å². The van der Waals surface area contributed by atoms with Gasteiger partial charge in [0.1, 0.15) is 6.33 Å². The molecule has 2 aromatic rings. The number of aromatic nitrogens is 3. The number of nitrogens with zero attached hydrogens (tertiary/aromatic N) is 3. The van der Waals surface area contributed by atoms with Gasteiger partial charge in [0.2, 0.25) is 5.95 Å². The Morgan fingerprint density at radius 1 is 1.40 bits per heavy atom. The number of aryl methyl sites for hydroxylation is 1. The minimum absolute atomic E-state index is 0.256. The molecule has 0 fully saturated rings. The van der Waals surface area contributed by atoms with E-state index in [1.54, 1.807) is 29.2 Å². The quantitative estimate of drug-likeness (QED) is 0.911. The molecule has 0 radical (unpaired) electrons. The Labute approximate surface area is 126 Å². The zero-order valence-corrected chi connectivity index (χ0v) is 12.2. The highest BCUT2D eigenvalue weighted by Crippen LogP contribution is 2.20. The molecule has 0 aliphatic rings. The van der Waals surface area contributed by atoms with Crippen LogP contribution in [0.2, 0.25) is 10.0 Å². The Kier molecular flexibility index (Phi) is 4.81. The molecule has 1 aromatic heterocycles. The zero-order valence-electron chi connectivity index (χ0n) is 10.7. The number of hydrogen-bond acceptors (Lipinski definition) is 3. The Balaban J connectivity index is 1.88. The first kappa shape index (κ1) is 14.6. The first-order valence-electron chi connectivity index (χ1n) is 5.96. The van der Waals surface area contributed by atoms with Crippen molar-refractivity contribution in [3.8, 4) is 0 Å². The molecule has 0 bridgehead atoms. The molecule has 0 unspecified atom stereocenters. The van der Waals surface area contributed by atoms with Gasteiger partial charge < -0.3 is 5.32 Å². The van der Waals surface area contributed by atoms with Crippen LogP contribution in [0.25, 0.3) is 0 Å². The maximum absolute atomic E-state index is 11.7. The lowest BCUT2D eigenvalue weighted by atomic mass is 10.2. The molecule has 8 heteroatoms. The van der Waals surface area contributed by atoms with Gasteiger partial charge in [0.25, 0.3) is 0 Å². The van der Waals surface area contributed by atoms with Crippen LogP contribution in [0.4, 0.5) is 10.7 Å². The molecule has 0 saturated heterocycles. The van der Waals surface area contributed by atoms with E-state index in [-0.39, 0.29) is 12.5 Å². The summed E-state index contributed by atoms with van der Waals surface area (Å²) in [6.45, 7) is 2.91. The van der Waals surface area contributed by atoms with Crippen molar-refractivity contribution in [2.75, 3.05) is 5.32 Å². The molecule has 0 spiro atoms. The molecule has 2 rings (SSSR count). The molecule has 2 N–H and O–H groups in total. The minimum atomic E-state index is -0.398. The average molecular weight is 314 g/mol. The number of benzene rings is 1. The lowest BCUT2D eigenvalue weighted by Crippen LogP contribution is -2.28. The van der Waals surface area contributed by atoms with E-state index in [2.05, 4.69) is 20.7 Å². The normalized spacial score (nSPS) is 10.3. The highest BCUT2D eigenvalue weighted by molar-refractivity contribution is 6.35. The molecule has 20 heavy (non-hydrogen) atoms. The number of rotatable bonds is 4. The summed E-state index contributed by atoms with van der Waals surface area (Å²) in [4.78, 5) is 15.6.